The quantitative estimate of drug-likeness (QED) is 0.489. The summed E-state index contributed by atoms with van der Waals surface area (Å²) in [6.45, 7) is 0.528. The number of fused-ring (bicyclic) bond motifs is 2. The molecule has 9 heteroatoms. The molecule has 0 bridgehead atoms. The van der Waals surface area contributed by atoms with E-state index in [4.69, 9.17) is 8.83 Å². The molecule has 30 heavy (non-hydrogen) atoms. The number of anilines is 1. The van der Waals surface area contributed by atoms with E-state index in [0.717, 1.165) is 5.69 Å². The van der Waals surface area contributed by atoms with E-state index in [1.165, 1.54) is 0 Å². The Balaban J connectivity index is 1.48. The molecule has 5 aromatic rings. The van der Waals surface area contributed by atoms with E-state index in [1.807, 2.05) is 23.1 Å². The van der Waals surface area contributed by atoms with E-state index in [0.29, 0.717) is 41.2 Å². The number of hydrogen-bond donors (Lipinski definition) is 1. The molecule has 4 aromatic heterocycles. The van der Waals surface area contributed by atoms with Crippen LogP contribution in [-0.4, -0.2) is 31.7 Å². The van der Waals surface area contributed by atoms with Crippen molar-refractivity contribution in [3.63, 3.8) is 0 Å². The van der Waals surface area contributed by atoms with E-state index in [-0.39, 0.29) is 11.8 Å². The largest absolute Gasteiger partial charge is 0.455 e. The fraction of sp³-hybridized carbons (Fsp3) is 0.143. The summed E-state index contributed by atoms with van der Waals surface area (Å²) in [6.07, 6.45) is 3.94. The van der Waals surface area contributed by atoms with E-state index in [2.05, 4.69) is 25.1 Å². The minimum Gasteiger partial charge on any atom is -0.455 e. The molecule has 0 radical (unpaired) electrons. The van der Waals surface area contributed by atoms with Crippen LogP contribution in [0.1, 0.15) is 23.2 Å². The van der Waals surface area contributed by atoms with Crippen LogP contribution in [0.2, 0.25) is 0 Å². The molecule has 0 saturated carbocycles. The molecule has 0 saturated heterocycles. The Morgan fingerprint density at radius 3 is 2.80 bits per heavy atom. The third-order valence-electron chi connectivity index (χ3n) is 5.28. The maximum atomic E-state index is 15.3. The summed E-state index contributed by atoms with van der Waals surface area (Å²) in [6, 6.07) is 12.1. The highest BCUT2D eigenvalue weighted by Gasteiger charge is 2.38. The normalized spacial score (nSPS) is 16.2. The molecule has 6 rings (SSSR count). The summed E-state index contributed by atoms with van der Waals surface area (Å²) in [5.41, 5.74) is 2.66. The van der Waals surface area contributed by atoms with E-state index < -0.39 is 11.9 Å². The van der Waals surface area contributed by atoms with Crippen LogP contribution in [0.25, 0.3) is 22.6 Å². The maximum absolute atomic E-state index is 15.3. The molecule has 8 nitrogen and oxygen atoms in total. The minimum absolute atomic E-state index is 0.168. The Kier molecular flexibility index (Phi) is 3.67. The lowest BCUT2D eigenvalue weighted by Crippen LogP contribution is -2.36. The van der Waals surface area contributed by atoms with E-state index in [1.54, 1.807) is 36.8 Å². The number of aromatic amines is 1. The molecule has 0 amide bonds. The zero-order valence-corrected chi connectivity index (χ0v) is 15.6. The van der Waals surface area contributed by atoms with E-state index >= 15 is 4.39 Å². The molecule has 1 atom stereocenters. The predicted molar refractivity (Wildman–Crippen MR) is 105 cm³/mol. The zero-order valence-electron chi connectivity index (χ0n) is 15.6. The first-order valence-electron chi connectivity index (χ1n) is 9.50. The lowest BCUT2D eigenvalue weighted by Gasteiger charge is -2.32. The van der Waals surface area contributed by atoms with Crippen molar-refractivity contribution >= 4 is 17.0 Å². The molecule has 5 heterocycles. The second-order valence-electron chi connectivity index (χ2n) is 6.99. The summed E-state index contributed by atoms with van der Waals surface area (Å²) < 4.78 is 27.2. The van der Waals surface area contributed by atoms with Crippen LogP contribution in [0.15, 0.2) is 63.8 Å². The van der Waals surface area contributed by atoms with Crippen molar-refractivity contribution in [1.29, 1.82) is 0 Å². The zero-order chi connectivity index (χ0) is 20.1. The molecule has 0 spiro atoms. The average Bonchev–Trinajstić information content (AvgIpc) is 3.53. The lowest BCUT2D eigenvalue weighted by atomic mass is 10.0. The summed E-state index contributed by atoms with van der Waals surface area (Å²) in [7, 11) is 0. The van der Waals surface area contributed by atoms with Gasteiger partial charge in [0.15, 0.2) is 11.6 Å². The molecular weight excluding hydrogens is 387 g/mol. The molecule has 1 aliphatic rings. The highest BCUT2D eigenvalue weighted by molar-refractivity contribution is 5.79. The summed E-state index contributed by atoms with van der Waals surface area (Å²) in [4.78, 5) is 13.6. The first-order chi connectivity index (χ1) is 14.8. The maximum Gasteiger partial charge on any atom is 0.319 e. The Morgan fingerprint density at radius 2 is 1.93 bits per heavy atom. The van der Waals surface area contributed by atoms with Gasteiger partial charge >= 0.3 is 6.01 Å². The van der Waals surface area contributed by atoms with Gasteiger partial charge in [-0.15, -0.1) is 5.10 Å². The van der Waals surface area contributed by atoms with Crippen molar-refractivity contribution in [1.82, 2.24) is 25.1 Å². The van der Waals surface area contributed by atoms with Crippen LogP contribution in [0.4, 0.5) is 10.4 Å². The standard InChI is InChI=1S/C21H15FN6O2/c22-16-12-5-1-2-7-15(12)29-19(16)18-17-13(24-11-25-17)8-10-28(18)21-27-26-20(30-21)14-6-3-4-9-23-14/h1-7,9,11,18H,8,10H2,(H,24,25)/t18-/m0/s1. The van der Waals surface area contributed by atoms with Gasteiger partial charge in [-0.2, -0.15) is 0 Å². The molecule has 1 aliphatic heterocycles. The number of furan rings is 1. The smallest absolute Gasteiger partial charge is 0.319 e. The van der Waals surface area contributed by atoms with Gasteiger partial charge in [-0.1, -0.05) is 23.3 Å². The van der Waals surface area contributed by atoms with Gasteiger partial charge in [0.1, 0.15) is 17.3 Å². The number of H-pyrrole nitrogens is 1. The van der Waals surface area contributed by atoms with Gasteiger partial charge in [-0.25, -0.2) is 9.37 Å². The van der Waals surface area contributed by atoms with Crippen LogP contribution in [0.3, 0.4) is 0 Å². The van der Waals surface area contributed by atoms with Gasteiger partial charge in [0.05, 0.1) is 17.4 Å². The average molecular weight is 402 g/mol. The SMILES string of the molecule is Fc1c([C@@H]2c3nc[nH]c3CCN2c2nnc(-c3ccccn3)o2)oc2ccccc12. The number of hydrogen-bond acceptors (Lipinski definition) is 7. The molecular formula is C21H15FN6O2. The Bertz CT molecular complexity index is 1340. The fourth-order valence-corrected chi connectivity index (χ4v) is 3.88. The summed E-state index contributed by atoms with van der Waals surface area (Å²) >= 11 is 0. The van der Waals surface area contributed by atoms with Crippen molar-refractivity contribution in [2.24, 2.45) is 0 Å². The molecule has 0 unspecified atom stereocenters. The van der Waals surface area contributed by atoms with Gasteiger partial charge in [-0.05, 0) is 24.3 Å². The van der Waals surface area contributed by atoms with Crippen molar-refractivity contribution < 1.29 is 13.2 Å². The Labute approximate surface area is 169 Å². The number of pyridine rings is 1. The van der Waals surface area contributed by atoms with Gasteiger partial charge in [0.25, 0.3) is 5.89 Å². The van der Waals surface area contributed by atoms with Gasteiger partial charge < -0.3 is 18.7 Å². The van der Waals surface area contributed by atoms with Crippen molar-refractivity contribution in [3.05, 3.63) is 78.0 Å². The van der Waals surface area contributed by atoms with Crippen LogP contribution in [-0.2, 0) is 6.42 Å². The number of para-hydroxylation sites is 1. The van der Waals surface area contributed by atoms with Gasteiger partial charge in [-0.3, -0.25) is 4.98 Å². The minimum atomic E-state index is -0.635. The predicted octanol–water partition coefficient (Wildman–Crippen LogP) is 3.89. The van der Waals surface area contributed by atoms with Crippen molar-refractivity contribution in [3.8, 4) is 11.6 Å². The molecule has 1 N–H and O–H groups in total. The fourth-order valence-electron chi connectivity index (χ4n) is 3.88. The highest BCUT2D eigenvalue weighted by atomic mass is 19.1. The lowest BCUT2D eigenvalue weighted by molar-refractivity contribution is 0.428. The van der Waals surface area contributed by atoms with Crippen LogP contribution in [0, 0.1) is 5.82 Å². The number of rotatable bonds is 3. The molecule has 0 aliphatic carbocycles. The second kappa shape index (κ2) is 6.51. The number of halogens is 1. The summed E-state index contributed by atoms with van der Waals surface area (Å²) in [5, 5.41) is 8.75. The van der Waals surface area contributed by atoms with E-state index in [9.17, 15) is 0 Å². The molecule has 1 aromatic carbocycles. The third-order valence-corrected chi connectivity index (χ3v) is 5.28. The highest BCUT2D eigenvalue weighted by Crippen LogP contribution is 2.40. The van der Waals surface area contributed by atoms with Crippen molar-refractivity contribution in [2.75, 3.05) is 11.4 Å². The Morgan fingerprint density at radius 1 is 1.03 bits per heavy atom. The number of imidazole rings is 1. The number of benzene rings is 1. The molecule has 148 valence electrons. The third kappa shape index (κ3) is 2.52. The van der Waals surface area contributed by atoms with Crippen LogP contribution >= 0.6 is 0 Å². The van der Waals surface area contributed by atoms with Gasteiger partial charge in [0, 0.05) is 24.9 Å². The number of aromatic nitrogens is 5. The first-order valence-corrected chi connectivity index (χ1v) is 9.50. The first kappa shape index (κ1) is 16.9. The van der Waals surface area contributed by atoms with Crippen LogP contribution in [0.5, 0.6) is 0 Å². The number of nitrogens with zero attached hydrogens (tertiary/aromatic N) is 5. The molecule has 0 fully saturated rings. The monoisotopic (exact) mass is 402 g/mol. The van der Waals surface area contributed by atoms with Crippen molar-refractivity contribution in [2.45, 2.75) is 12.5 Å². The van der Waals surface area contributed by atoms with Gasteiger partial charge in [0.2, 0.25) is 0 Å². The topological polar surface area (TPSA) is 96.9 Å². The Hall–Kier alpha value is -4.01. The number of nitrogens with one attached hydrogen (secondary N) is 1. The summed E-state index contributed by atoms with van der Waals surface area (Å²) in [5.74, 6) is 0.0463. The van der Waals surface area contributed by atoms with Crippen LogP contribution < -0.4 is 4.90 Å². The second-order valence-corrected chi connectivity index (χ2v) is 6.99.